The second kappa shape index (κ2) is 4.05. The number of hydrogen-bond donors (Lipinski definition) is 0. The monoisotopic (exact) mass is 238 g/mol. The SMILES string of the molecule is Cc1nnc(S(=O)(=O)Cc2ccccc2)o1. The summed E-state index contributed by atoms with van der Waals surface area (Å²) in [6, 6.07) is 8.86. The normalized spacial score (nSPS) is 11.6. The summed E-state index contributed by atoms with van der Waals surface area (Å²) in [6.07, 6.45) is 0. The number of aromatic nitrogens is 2. The molecule has 0 bridgehead atoms. The minimum atomic E-state index is -3.53. The molecule has 0 radical (unpaired) electrons. The van der Waals surface area contributed by atoms with Crippen molar-refractivity contribution in [2.45, 2.75) is 17.9 Å². The zero-order chi connectivity index (χ0) is 11.6. The molecule has 0 saturated heterocycles. The first-order chi connectivity index (χ1) is 7.58. The summed E-state index contributed by atoms with van der Waals surface area (Å²) in [4.78, 5) is 0. The van der Waals surface area contributed by atoms with E-state index in [1.165, 1.54) is 0 Å². The van der Waals surface area contributed by atoms with Gasteiger partial charge in [0.25, 0.3) is 0 Å². The molecule has 1 aromatic carbocycles. The van der Waals surface area contributed by atoms with E-state index in [1.54, 1.807) is 31.2 Å². The fourth-order valence-corrected chi connectivity index (χ4v) is 2.43. The van der Waals surface area contributed by atoms with E-state index >= 15 is 0 Å². The maximum Gasteiger partial charge on any atom is 0.335 e. The Bertz CT molecular complexity index is 575. The molecule has 0 N–H and O–H groups in total. The van der Waals surface area contributed by atoms with Crippen LogP contribution >= 0.6 is 0 Å². The first kappa shape index (κ1) is 10.8. The molecule has 1 heterocycles. The molecule has 0 unspecified atom stereocenters. The Morgan fingerprint density at radius 2 is 1.88 bits per heavy atom. The van der Waals surface area contributed by atoms with Crippen molar-refractivity contribution in [2.24, 2.45) is 0 Å². The van der Waals surface area contributed by atoms with Crippen LogP contribution in [-0.2, 0) is 15.6 Å². The molecular formula is C10H10N2O3S. The molecule has 2 aromatic rings. The van der Waals surface area contributed by atoms with Gasteiger partial charge in [-0.15, -0.1) is 5.10 Å². The third-order valence-corrected chi connectivity index (χ3v) is 3.38. The Balaban J connectivity index is 2.28. The van der Waals surface area contributed by atoms with Gasteiger partial charge in [0.15, 0.2) is 0 Å². The zero-order valence-electron chi connectivity index (χ0n) is 8.62. The smallest absolute Gasteiger partial charge is 0.335 e. The summed E-state index contributed by atoms with van der Waals surface area (Å²) in [5.74, 6) is 0.113. The maximum atomic E-state index is 11.8. The van der Waals surface area contributed by atoms with E-state index in [0.29, 0.717) is 5.56 Å². The Labute approximate surface area is 93.0 Å². The van der Waals surface area contributed by atoms with Crippen LogP contribution < -0.4 is 0 Å². The highest BCUT2D eigenvalue weighted by atomic mass is 32.2. The molecule has 6 heteroatoms. The molecule has 84 valence electrons. The van der Waals surface area contributed by atoms with Gasteiger partial charge in [0.2, 0.25) is 15.7 Å². The van der Waals surface area contributed by atoms with Crippen molar-refractivity contribution in [2.75, 3.05) is 0 Å². The van der Waals surface area contributed by atoms with Crippen LogP contribution in [0.2, 0.25) is 0 Å². The van der Waals surface area contributed by atoms with Crippen molar-refractivity contribution in [3.05, 3.63) is 41.8 Å². The molecule has 0 aliphatic rings. The number of hydrogen-bond acceptors (Lipinski definition) is 5. The first-order valence-electron chi connectivity index (χ1n) is 4.65. The lowest BCUT2D eigenvalue weighted by Gasteiger charge is -1.98. The van der Waals surface area contributed by atoms with Crippen molar-refractivity contribution in [1.82, 2.24) is 10.2 Å². The fourth-order valence-electron chi connectivity index (χ4n) is 1.26. The van der Waals surface area contributed by atoms with Crippen LogP contribution in [0.4, 0.5) is 0 Å². The zero-order valence-corrected chi connectivity index (χ0v) is 9.44. The Morgan fingerprint density at radius 3 is 2.44 bits per heavy atom. The second-order valence-corrected chi connectivity index (χ2v) is 5.20. The van der Waals surface area contributed by atoms with Crippen LogP contribution in [-0.4, -0.2) is 18.6 Å². The molecule has 2 rings (SSSR count). The Morgan fingerprint density at radius 1 is 1.19 bits per heavy atom. The molecule has 0 amide bonds. The van der Waals surface area contributed by atoms with Crippen molar-refractivity contribution in [1.29, 1.82) is 0 Å². The minimum absolute atomic E-state index is 0.129. The standard InChI is InChI=1S/C10H10N2O3S/c1-8-11-12-10(15-8)16(13,14)7-9-5-3-2-4-6-9/h2-6H,7H2,1H3. The van der Waals surface area contributed by atoms with Gasteiger partial charge in [-0.2, -0.15) is 0 Å². The van der Waals surface area contributed by atoms with Gasteiger partial charge in [-0.05, 0) is 5.56 Å². The predicted molar refractivity (Wildman–Crippen MR) is 56.4 cm³/mol. The number of sulfone groups is 1. The van der Waals surface area contributed by atoms with Crippen LogP contribution in [0.3, 0.4) is 0 Å². The number of rotatable bonds is 3. The molecule has 1 aromatic heterocycles. The van der Waals surface area contributed by atoms with Crippen molar-refractivity contribution < 1.29 is 12.8 Å². The topological polar surface area (TPSA) is 73.1 Å². The largest absolute Gasteiger partial charge is 0.413 e. The fraction of sp³-hybridized carbons (Fsp3) is 0.200. The molecular weight excluding hydrogens is 228 g/mol. The molecule has 0 spiro atoms. The van der Waals surface area contributed by atoms with Gasteiger partial charge < -0.3 is 4.42 Å². The molecule has 0 aliphatic heterocycles. The van der Waals surface area contributed by atoms with E-state index in [4.69, 9.17) is 4.42 Å². The summed E-state index contributed by atoms with van der Waals surface area (Å²) in [6.45, 7) is 1.55. The lowest BCUT2D eigenvalue weighted by atomic mass is 10.2. The summed E-state index contributed by atoms with van der Waals surface area (Å²) >= 11 is 0. The highest BCUT2D eigenvalue weighted by Crippen LogP contribution is 2.14. The predicted octanol–water partition coefficient (Wildman–Crippen LogP) is 1.35. The average Bonchev–Trinajstić information content (AvgIpc) is 2.66. The summed E-state index contributed by atoms with van der Waals surface area (Å²) < 4.78 is 28.5. The average molecular weight is 238 g/mol. The van der Waals surface area contributed by atoms with Crippen molar-refractivity contribution in [3.63, 3.8) is 0 Å². The van der Waals surface area contributed by atoms with E-state index in [-0.39, 0.29) is 16.9 Å². The van der Waals surface area contributed by atoms with Crippen LogP contribution in [0.5, 0.6) is 0 Å². The van der Waals surface area contributed by atoms with Gasteiger partial charge in [0.1, 0.15) is 0 Å². The highest BCUT2D eigenvalue weighted by molar-refractivity contribution is 7.90. The number of benzene rings is 1. The van der Waals surface area contributed by atoms with Crippen LogP contribution in [0, 0.1) is 6.92 Å². The molecule has 0 atom stereocenters. The summed E-state index contributed by atoms with van der Waals surface area (Å²) in [5, 5.41) is 6.68. The lowest BCUT2D eigenvalue weighted by Crippen LogP contribution is -2.05. The van der Waals surface area contributed by atoms with Gasteiger partial charge >= 0.3 is 5.22 Å². The third-order valence-electron chi connectivity index (χ3n) is 1.97. The maximum absolute atomic E-state index is 11.8. The van der Waals surface area contributed by atoms with Crippen molar-refractivity contribution >= 4 is 9.84 Å². The lowest BCUT2D eigenvalue weighted by molar-refractivity contribution is 0.409. The number of nitrogens with zero attached hydrogens (tertiary/aromatic N) is 2. The van der Waals surface area contributed by atoms with Gasteiger partial charge in [-0.25, -0.2) is 8.42 Å². The molecule has 16 heavy (non-hydrogen) atoms. The second-order valence-electron chi connectivity index (χ2n) is 3.33. The van der Waals surface area contributed by atoms with Crippen LogP contribution in [0.15, 0.2) is 40.0 Å². The Hall–Kier alpha value is -1.69. The summed E-state index contributed by atoms with van der Waals surface area (Å²) in [5.41, 5.74) is 0.693. The number of aryl methyl sites for hydroxylation is 1. The van der Waals surface area contributed by atoms with Gasteiger partial charge in [-0.3, -0.25) is 0 Å². The molecule has 5 nitrogen and oxygen atoms in total. The van der Waals surface area contributed by atoms with Gasteiger partial charge in [0.05, 0.1) is 5.75 Å². The highest BCUT2D eigenvalue weighted by Gasteiger charge is 2.21. The van der Waals surface area contributed by atoms with E-state index < -0.39 is 9.84 Å². The minimum Gasteiger partial charge on any atom is -0.413 e. The quantitative estimate of drug-likeness (QED) is 0.807. The third kappa shape index (κ3) is 2.27. The molecule has 0 saturated carbocycles. The Kier molecular flexibility index (Phi) is 2.74. The first-order valence-corrected chi connectivity index (χ1v) is 6.30. The summed E-state index contributed by atoms with van der Waals surface area (Å²) in [7, 11) is -3.53. The van der Waals surface area contributed by atoms with E-state index in [0.717, 1.165) is 0 Å². The van der Waals surface area contributed by atoms with Crippen molar-refractivity contribution in [3.8, 4) is 0 Å². The van der Waals surface area contributed by atoms with Gasteiger partial charge in [0, 0.05) is 6.92 Å². The van der Waals surface area contributed by atoms with E-state index in [1.807, 2.05) is 6.07 Å². The van der Waals surface area contributed by atoms with Gasteiger partial charge in [-0.1, -0.05) is 35.4 Å². The molecule has 0 fully saturated rings. The van der Waals surface area contributed by atoms with Crippen LogP contribution in [0.25, 0.3) is 0 Å². The van der Waals surface area contributed by atoms with E-state index in [2.05, 4.69) is 10.2 Å². The van der Waals surface area contributed by atoms with E-state index in [9.17, 15) is 8.42 Å². The molecule has 0 aliphatic carbocycles. The van der Waals surface area contributed by atoms with Crippen LogP contribution in [0.1, 0.15) is 11.5 Å².